The molecule has 4 aromatic heterocycles. The molecule has 6 aromatic rings. The first-order chi connectivity index (χ1) is 29.8. The Balaban J connectivity index is 0.886. The third kappa shape index (κ3) is 9.09. The number of nitrogens with zero attached hydrogens (tertiary/aromatic N) is 7. The van der Waals surface area contributed by atoms with Crippen LogP contribution in [-0.4, -0.2) is 101 Å². The number of aliphatic hydroxyl groups is 1. The van der Waals surface area contributed by atoms with Crippen molar-refractivity contribution < 1.29 is 28.7 Å². The number of hydrogen-bond acceptors (Lipinski definition) is 12. The second kappa shape index (κ2) is 17.9. The van der Waals surface area contributed by atoms with Gasteiger partial charge in [0, 0.05) is 49.9 Å². The first-order valence-electron chi connectivity index (χ1n) is 20.7. The molecule has 1 unspecified atom stereocenters. The lowest BCUT2D eigenvalue weighted by Gasteiger charge is -2.37. The minimum absolute atomic E-state index is 0.0256. The number of anilines is 1. The molecule has 0 bridgehead atoms. The van der Waals surface area contributed by atoms with E-state index in [1.165, 1.54) is 4.90 Å². The van der Waals surface area contributed by atoms with Crippen LogP contribution >= 0.6 is 11.3 Å². The van der Waals surface area contributed by atoms with E-state index in [2.05, 4.69) is 36.1 Å². The Kier molecular flexibility index (Phi) is 12.2. The average molecular weight is 859 g/mol. The Bertz CT molecular complexity index is 2550. The van der Waals surface area contributed by atoms with Crippen molar-refractivity contribution in [3.8, 4) is 21.6 Å². The number of amides is 4. The van der Waals surface area contributed by atoms with Crippen LogP contribution in [0, 0.1) is 18.3 Å². The number of furan rings is 1. The Morgan fingerprint density at radius 2 is 1.74 bits per heavy atom. The fourth-order valence-electron chi connectivity index (χ4n) is 8.12. The Labute approximate surface area is 362 Å². The summed E-state index contributed by atoms with van der Waals surface area (Å²) in [7, 11) is 0. The number of β-amino-alcohol motifs (C(OH)–C–C–N with tert-alkyl or cyclic N) is 1. The largest absolute Gasteiger partial charge is 0.467 e. The molecule has 6 heterocycles. The Morgan fingerprint density at radius 3 is 2.45 bits per heavy atom. The molecule has 16 nitrogen and oxygen atoms in total. The number of piperidine rings is 1. The molecular formula is C45H50N10O6S. The summed E-state index contributed by atoms with van der Waals surface area (Å²) in [6.45, 7) is 8.87. The van der Waals surface area contributed by atoms with E-state index in [1.807, 2.05) is 81.7 Å². The average Bonchev–Trinajstić information content (AvgIpc) is 4.12. The normalized spacial score (nSPS) is 18.4. The lowest BCUT2D eigenvalue weighted by molar-refractivity contribution is -0.144. The van der Waals surface area contributed by atoms with E-state index < -0.39 is 35.4 Å². The standard InChI is InChI=1S/C45H50N10O6S/c1-27-37(62-26-49-27)30-11-9-28(10-12-30)20-46-41(58)36-19-33(56)24-54(36)43(60)38(45(2,3)4)51-40(57)32-7-5-17-53(23-32)42(59)31-15-13-29(14-16-31)35-22-48-44(55-25-50-52-39(35)55)47-21-34-8-6-18-61-34/h6,8-16,18,22,25-26,32-33,36,38,56H,5,7,17,19-21,23-24H2,1-4H3,(H,46,58)(H,47,48)(H,51,57)/t32?,33-,36+,38-/m1/s1. The van der Waals surface area contributed by atoms with Crippen molar-refractivity contribution in [3.63, 3.8) is 0 Å². The molecule has 0 spiro atoms. The lowest BCUT2D eigenvalue weighted by atomic mass is 9.84. The van der Waals surface area contributed by atoms with Gasteiger partial charge >= 0.3 is 0 Å². The fraction of sp³-hybridized carbons (Fsp3) is 0.378. The van der Waals surface area contributed by atoms with E-state index in [0.717, 1.165) is 38.6 Å². The smallest absolute Gasteiger partial charge is 0.253 e. The highest BCUT2D eigenvalue weighted by molar-refractivity contribution is 7.13. The van der Waals surface area contributed by atoms with Crippen LogP contribution in [0.15, 0.2) is 89.4 Å². The van der Waals surface area contributed by atoms with E-state index in [1.54, 1.807) is 51.6 Å². The zero-order valence-corrected chi connectivity index (χ0v) is 35.9. The van der Waals surface area contributed by atoms with Crippen LogP contribution in [0.25, 0.3) is 27.2 Å². The van der Waals surface area contributed by atoms with Gasteiger partial charge in [0.05, 0.1) is 40.9 Å². The monoisotopic (exact) mass is 858 g/mol. The van der Waals surface area contributed by atoms with Gasteiger partial charge in [-0.3, -0.25) is 23.6 Å². The Morgan fingerprint density at radius 1 is 0.968 bits per heavy atom. The maximum Gasteiger partial charge on any atom is 0.253 e. The van der Waals surface area contributed by atoms with Crippen molar-refractivity contribution in [3.05, 3.63) is 108 Å². The van der Waals surface area contributed by atoms with Crippen LogP contribution in [0.4, 0.5) is 5.95 Å². The summed E-state index contributed by atoms with van der Waals surface area (Å²) in [6, 6.07) is 16.9. The van der Waals surface area contributed by atoms with Crippen LogP contribution < -0.4 is 16.0 Å². The molecule has 62 heavy (non-hydrogen) atoms. The second-order valence-electron chi connectivity index (χ2n) is 17.0. The summed E-state index contributed by atoms with van der Waals surface area (Å²) in [5.74, 6) is -0.587. The summed E-state index contributed by atoms with van der Waals surface area (Å²) < 4.78 is 7.17. The first kappa shape index (κ1) is 42.2. The molecule has 4 atom stereocenters. The number of aryl methyl sites for hydroxylation is 1. The lowest BCUT2D eigenvalue weighted by Crippen LogP contribution is -2.59. The number of benzene rings is 2. The van der Waals surface area contributed by atoms with E-state index in [9.17, 15) is 24.3 Å². The number of carbonyl (C=O) groups excluding carboxylic acids is 4. The highest BCUT2D eigenvalue weighted by atomic mass is 32.1. The van der Waals surface area contributed by atoms with Gasteiger partial charge in [-0.15, -0.1) is 21.5 Å². The highest BCUT2D eigenvalue weighted by Crippen LogP contribution is 2.30. The molecule has 2 fully saturated rings. The maximum absolute atomic E-state index is 14.3. The number of hydrogen-bond donors (Lipinski definition) is 4. The fourth-order valence-corrected chi connectivity index (χ4v) is 8.94. The van der Waals surface area contributed by atoms with Gasteiger partial charge in [0.2, 0.25) is 23.7 Å². The second-order valence-corrected chi connectivity index (χ2v) is 17.9. The predicted molar refractivity (Wildman–Crippen MR) is 233 cm³/mol. The number of aliphatic hydroxyl groups excluding tert-OH is 1. The van der Waals surface area contributed by atoms with Gasteiger partial charge < -0.3 is 35.3 Å². The van der Waals surface area contributed by atoms with Gasteiger partial charge in [-0.2, -0.15) is 0 Å². The summed E-state index contributed by atoms with van der Waals surface area (Å²) >= 11 is 1.57. The molecular weight excluding hydrogens is 809 g/mol. The topological polar surface area (TPSA) is 200 Å². The van der Waals surface area contributed by atoms with Crippen LogP contribution in [0.2, 0.25) is 0 Å². The minimum atomic E-state index is -0.982. The number of aromatic nitrogens is 5. The number of fused-ring (bicyclic) bond motifs is 1. The molecule has 0 radical (unpaired) electrons. The molecule has 2 saturated heterocycles. The van der Waals surface area contributed by atoms with Gasteiger partial charge in [0.15, 0.2) is 5.65 Å². The first-order valence-corrected chi connectivity index (χ1v) is 21.6. The van der Waals surface area contributed by atoms with Gasteiger partial charge in [0.25, 0.3) is 5.91 Å². The van der Waals surface area contributed by atoms with Crippen LogP contribution in [0.3, 0.4) is 0 Å². The number of likely N-dealkylation sites (tertiary alicyclic amines) is 2. The van der Waals surface area contributed by atoms with Crippen LogP contribution in [0.1, 0.15) is 67.4 Å². The van der Waals surface area contributed by atoms with Crippen molar-refractivity contribution in [2.75, 3.05) is 25.0 Å². The molecule has 322 valence electrons. The van der Waals surface area contributed by atoms with Crippen molar-refractivity contribution in [2.45, 2.75) is 78.2 Å². The highest BCUT2D eigenvalue weighted by Gasteiger charge is 2.45. The molecule has 4 amide bonds. The van der Waals surface area contributed by atoms with E-state index in [-0.39, 0.29) is 43.8 Å². The summed E-state index contributed by atoms with van der Waals surface area (Å²) in [4.78, 5) is 68.7. The number of carbonyl (C=O) groups is 4. The van der Waals surface area contributed by atoms with Gasteiger partial charge in [-0.25, -0.2) is 9.97 Å². The molecule has 2 aliphatic heterocycles. The molecule has 0 saturated carbocycles. The predicted octanol–water partition coefficient (Wildman–Crippen LogP) is 5.09. The van der Waals surface area contributed by atoms with Crippen LogP contribution in [0.5, 0.6) is 0 Å². The molecule has 8 rings (SSSR count). The summed E-state index contributed by atoms with van der Waals surface area (Å²) in [5, 5.41) is 28.3. The minimum Gasteiger partial charge on any atom is -0.467 e. The molecule has 17 heteroatoms. The molecule has 2 aromatic carbocycles. The zero-order valence-electron chi connectivity index (χ0n) is 35.1. The van der Waals surface area contributed by atoms with Gasteiger partial charge in [0.1, 0.15) is 24.2 Å². The number of rotatable bonds is 12. The molecule has 0 aliphatic carbocycles. The quantitative estimate of drug-likeness (QED) is 0.128. The van der Waals surface area contributed by atoms with Crippen molar-refractivity contribution >= 4 is 46.6 Å². The van der Waals surface area contributed by atoms with Crippen molar-refractivity contribution in [2.24, 2.45) is 11.3 Å². The Hall–Kier alpha value is -6.46. The van der Waals surface area contributed by atoms with E-state index >= 15 is 0 Å². The van der Waals surface area contributed by atoms with Gasteiger partial charge in [-0.1, -0.05) is 57.2 Å². The maximum atomic E-state index is 14.3. The number of nitrogens with one attached hydrogen (secondary N) is 3. The van der Waals surface area contributed by atoms with Crippen LogP contribution in [-0.2, 0) is 27.5 Å². The summed E-state index contributed by atoms with van der Waals surface area (Å²) in [5.41, 5.74) is 6.59. The summed E-state index contributed by atoms with van der Waals surface area (Å²) in [6.07, 6.45) is 5.26. The molecule has 2 aliphatic rings. The van der Waals surface area contributed by atoms with Gasteiger partial charge in [-0.05, 0) is 66.1 Å². The zero-order chi connectivity index (χ0) is 43.5. The van der Waals surface area contributed by atoms with E-state index in [0.29, 0.717) is 43.1 Å². The number of thiazole rings is 1. The SMILES string of the molecule is Cc1ncsc1-c1ccc(CNC(=O)[C@@H]2C[C@@H](O)CN2C(=O)[C@@H](NC(=O)C2CCCN(C(=O)c3ccc(-c4cnc(NCc5ccco5)n5cnnc45)cc3)C2)C(C)(C)C)cc1. The molecule has 4 N–H and O–H groups in total. The van der Waals surface area contributed by atoms with Crippen molar-refractivity contribution in [1.29, 1.82) is 0 Å². The van der Waals surface area contributed by atoms with E-state index in [4.69, 9.17) is 4.42 Å². The third-order valence-corrected chi connectivity index (χ3v) is 12.5. The van der Waals surface area contributed by atoms with Crippen molar-refractivity contribution in [1.82, 2.24) is 45.0 Å². The third-order valence-electron chi connectivity index (χ3n) is 11.5.